The third kappa shape index (κ3) is 3.70. The van der Waals surface area contributed by atoms with Crippen LogP contribution in [0.3, 0.4) is 0 Å². The molecule has 0 saturated heterocycles. The highest BCUT2D eigenvalue weighted by molar-refractivity contribution is 7.80. The molecule has 118 valence electrons. The van der Waals surface area contributed by atoms with Gasteiger partial charge >= 0.3 is 0 Å². The van der Waals surface area contributed by atoms with Crippen molar-refractivity contribution in [3.63, 3.8) is 0 Å². The number of hydrogen-bond donors (Lipinski definition) is 3. The number of rotatable bonds is 2. The normalized spacial score (nSPS) is 11.7. The summed E-state index contributed by atoms with van der Waals surface area (Å²) in [6.45, 7) is 2.18. The van der Waals surface area contributed by atoms with Gasteiger partial charge in [0.1, 0.15) is 0 Å². The van der Waals surface area contributed by atoms with Gasteiger partial charge in [-0.05, 0) is 49.5 Å². The molecule has 1 aliphatic rings. The number of amides is 1. The number of thiocarbonyl (C=S) groups is 1. The van der Waals surface area contributed by atoms with Gasteiger partial charge in [0.2, 0.25) is 6.79 Å². The summed E-state index contributed by atoms with van der Waals surface area (Å²) in [5.74, 6) is 0.862. The SMILES string of the molecule is Cc1ccc(NC(=S)NNC(=O)c2ccc3c(c2)OCO3)cc1. The van der Waals surface area contributed by atoms with Gasteiger partial charge in [0.25, 0.3) is 5.91 Å². The van der Waals surface area contributed by atoms with Crippen molar-refractivity contribution in [3.05, 3.63) is 53.6 Å². The third-order valence-corrected chi connectivity index (χ3v) is 3.44. The first-order chi connectivity index (χ1) is 11.1. The molecule has 0 aliphatic carbocycles. The van der Waals surface area contributed by atoms with Crippen molar-refractivity contribution >= 4 is 28.9 Å². The Labute approximate surface area is 138 Å². The van der Waals surface area contributed by atoms with E-state index in [1.54, 1.807) is 18.2 Å². The summed E-state index contributed by atoms with van der Waals surface area (Å²) < 4.78 is 10.4. The molecule has 1 aliphatic heterocycles. The van der Waals surface area contributed by atoms with Crippen molar-refractivity contribution in [1.82, 2.24) is 10.9 Å². The van der Waals surface area contributed by atoms with E-state index in [9.17, 15) is 4.79 Å². The lowest BCUT2D eigenvalue weighted by Crippen LogP contribution is -2.43. The van der Waals surface area contributed by atoms with Crippen molar-refractivity contribution in [2.24, 2.45) is 0 Å². The lowest BCUT2D eigenvalue weighted by molar-refractivity contribution is 0.0943. The second kappa shape index (κ2) is 6.53. The first-order valence-corrected chi connectivity index (χ1v) is 7.36. The molecule has 2 aromatic rings. The monoisotopic (exact) mass is 329 g/mol. The van der Waals surface area contributed by atoms with Gasteiger partial charge in [0.05, 0.1) is 0 Å². The van der Waals surface area contributed by atoms with Crippen LogP contribution < -0.4 is 25.6 Å². The van der Waals surface area contributed by atoms with Crippen LogP contribution >= 0.6 is 12.2 Å². The Morgan fingerprint density at radius 1 is 1.04 bits per heavy atom. The topological polar surface area (TPSA) is 71.6 Å². The highest BCUT2D eigenvalue weighted by Gasteiger charge is 2.16. The molecule has 0 bridgehead atoms. The van der Waals surface area contributed by atoms with Crippen molar-refractivity contribution < 1.29 is 14.3 Å². The fourth-order valence-corrected chi connectivity index (χ4v) is 2.19. The molecular weight excluding hydrogens is 314 g/mol. The fourth-order valence-electron chi connectivity index (χ4n) is 2.02. The molecule has 0 radical (unpaired) electrons. The van der Waals surface area contributed by atoms with Crippen molar-refractivity contribution in [3.8, 4) is 11.5 Å². The van der Waals surface area contributed by atoms with Crippen molar-refractivity contribution in [1.29, 1.82) is 0 Å². The zero-order chi connectivity index (χ0) is 16.2. The van der Waals surface area contributed by atoms with Crippen molar-refractivity contribution in [2.75, 3.05) is 12.1 Å². The molecule has 3 N–H and O–H groups in total. The summed E-state index contributed by atoms with van der Waals surface area (Å²) in [4.78, 5) is 12.1. The molecule has 3 rings (SSSR count). The summed E-state index contributed by atoms with van der Waals surface area (Å²) in [7, 11) is 0. The highest BCUT2D eigenvalue weighted by Crippen LogP contribution is 2.32. The molecule has 0 aromatic heterocycles. The van der Waals surface area contributed by atoms with Crippen LogP contribution in [0.15, 0.2) is 42.5 Å². The number of nitrogens with one attached hydrogen (secondary N) is 3. The minimum absolute atomic E-state index is 0.170. The number of carbonyl (C=O) groups excluding carboxylic acids is 1. The van der Waals surface area contributed by atoms with E-state index >= 15 is 0 Å². The lowest BCUT2D eigenvalue weighted by atomic mass is 10.2. The Kier molecular flexibility index (Phi) is 4.29. The average Bonchev–Trinajstić information content (AvgIpc) is 3.02. The minimum Gasteiger partial charge on any atom is -0.454 e. The fraction of sp³-hybridized carbons (Fsp3) is 0.125. The van der Waals surface area contributed by atoms with Crippen LogP contribution in [0.25, 0.3) is 0 Å². The first-order valence-electron chi connectivity index (χ1n) is 6.95. The quantitative estimate of drug-likeness (QED) is 0.580. The summed E-state index contributed by atoms with van der Waals surface area (Å²) >= 11 is 5.13. The smallest absolute Gasteiger partial charge is 0.269 e. The average molecular weight is 329 g/mol. The second-order valence-corrected chi connectivity index (χ2v) is 5.38. The van der Waals surface area contributed by atoms with Crippen LogP contribution in [0.2, 0.25) is 0 Å². The number of anilines is 1. The van der Waals surface area contributed by atoms with Gasteiger partial charge in [0, 0.05) is 11.3 Å². The van der Waals surface area contributed by atoms with Crippen LogP contribution in [-0.4, -0.2) is 17.8 Å². The minimum atomic E-state index is -0.323. The van der Waals surface area contributed by atoms with E-state index in [0.717, 1.165) is 11.3 Å². The van der Waals surface area contributed by atoms with Gasteiger partial charge in [-0.1, -0.05) is 17.7 Å². The standard InChI is InChI=1S/C16H15N3O3S/c1-10-2-5-12(6-3-10)17-16(23)19-18-15(20)11-4-7-13-14(8-11)22-9-21-13/h2-8H,9H2,1H3,(H,18,20)(H2,17,19,23). The van der Waals surface area contributed by atoms with Gasteiger partial charge in [-0.2, -0.15) is 0 Å². The Morgan fingerprint density at radius 2 is 1.78 bits per heavy atom. The summed E-state index contributed by atoms with van der Waals surface area (Å²) in [6, 6.07) is 12.7. The van der Waals surface area contributed by atoms with Crippen LogP contribution in [0.1, 0.15) is 15.9 Å². The molecule has 1 heterocycles. The number of hydrogen-bond acceptors (Lipinski definition) is 4. The summed E-state index contributed by atoms with van der Waals surface area (Å²) in [6.07, 6.45) is 0. The molecule has 1 amide bonds. The largest absolute Gasteiger partial charge is 0.454 e. The number of ether oxygens (including phenoxy) is 2. The zero-order valence-corrected chi connectivity index (χ0v) is 13.2. The van der Waals surface area contributed by atoms with Gasteiger partial charge in [-0.25, -0.2) is 0 Å². The predicted octanol–water partition coefficient (Wildman–Crippen LogP) is 2.36. The molecule has 0 unspecified atom stereocenters. The Morgan fingerprint density at radius 3 is 2.57 bits per heavy atom. The number of fused-ring (bicyclic) bond motifs is 1. The molecule has 0 spiro atoms. The van der Waals surface area contributed by atoms with E-state index in [1.807, 2.05) is 31.2 Å². The molecule has 23 heavy (non-hydrogen) atoms. The maximum absolute atomic E-state index is 12.1. The van der Waals surface area contributed by atoms with Gasteiger partial charge in [0.15, 0.2) is 16.6 Å². The number of benzene rings is 2. The lowest BCUT2D eigenvalue weighted by Gasteiger charge is -2.12. The first kappa shape index (κ1) is 15.1. The maximum Gasteiger partial charge on any atom is 0.269 e. The maximum atomic E-state index is 12.1. The predicted molar refractivity (Wildman–Crippen MR) is 90.6 cm³/mol. The molecule has 0 saturated carbocycles. The summed E-state index contributed by atoms with van der Waals surface area (Å²) in [5.41, 5.74) is 7.63. The van der Waals surface area contributed by atoms with E-state index in [1.165, 1.54) is 0 Å². The van der Waals surface area contributed by atoms with E-state index < -0.39 is 0 Å². The Balaban J connectivity index is 1.54. The van der Waals surface area contributed by atoms with E-state index in [2.05, 4.69) is 16.2 Å². The summed E-state index contributed by atoms with van der Waals surface area (Å²) in [5, 5.41) is 3.27. The molecule has 0 fully saturated rings. The van der Waals surface area contributed by atoms with Crippen LogP contribution in [0, 0.1) is 6.92 Å². The second-order valence-electron chi connectivity index (χ2n) is 4.97. The number of aryl methyl sites for hydroxylation is 1. The Hall–Kier alpha value is -2.80. The van der Waals surface area contributed by atoms with Crippen LogP contribution in [-0.2, 0) is 0 Å². The molecule has 7 heteroatoms. The molecule has 0 atom stereocenters. The van der Waals surface area contributed by atoms with E-state index in [0.29, 0.717) is 22.2 Å². The molecule has 2 aromatic carbocycles. The zero-order valence-electron chi connectivity index (χ0n) is 12.4. The van der Waals surface area contributed by atoms with Crippen molar-refractivity contribution in [2.45, 2.75) is 6.92 Å². The van der Waals surface area contributed by atoms with E-state index in [-0.39, 0.29) is 12.7 Å². The van der Waals surface area contributed by atoms with Gasteiger partial charge in [-0.15, -0.1) is 0 Å². The van der Waals surface area contributed by atoms with Crippen LogP contribution in [0.5, 0.6) is 11.5 Å². The third-order valence-electron chi connectivity index (χ3n) is 3.23. The van der Waals surface area contributed by atoms with Gasteiger partial charge < -0.3 is 14.8 Å². The number of hydrazine groups is 1. The number of carbonyl (C=O) groups is 1. The Bertz CT molecular complexity index is 747. The highest BCUT2D eigenvalue weighted by atomic mass is 32.1. The van der Waals surface area contributed by atoms with E-state index in [4.69, 9.17) is 21.7 Å². The molecular formula is C16H15N3O3S. The van der Waals surface area contributed by atoms with Gasteiger partial charge in [-0.3, -0.25) is 15.6 Å². The molecule has 6 nitrogen and oxygen atoms in total. The van der Waals surface area contributed by atoms with Crippen LogP contribution in [0.4, 0.5) is 5.69 Å².